The lowest BCUT2D eigenvalue weighted by molar-refractivity contribution is 0.332. The predicted molar refractivity (Wildman–Crippen MR) is 87.2 cm³/mol. The smallest absolute Gasteiger partial charge is 0.246 e. The van der Waals surface area contributed by atoms with Crippen LogP contribution in [0.3, 0.4) is 0 Å². The fourth-order valence-corrected chi connectivity index (χ4v) is 5.59. The number of nitrogens with one attached hydrogen (secondary N) is 1. The molecule has 0 atom stereocenters. The maximum atomic E-state index is 12.7. The summed E-state index contributed by atoms with van der Waals surface area (Å²) >= 11 is 0.949. The van der Waals surface area contributed by atoms with Gasteiger partial charge in [-0.15, -0.1) is 11.3 Å². The van der Waals surface area contributed by atoms with Gasteiger partial charge in [0.2, 0.25) is 24.2 Å². The number of nitrogens with zero attached hydrogens (tertiary/aromatic N) is 1. The third kappa shape index (κ3) is 3.35. The molecule has 7 nitrogen and oxygen atoms in total. The molecule has 0 saturated heterocycles. The Balaban J connectivity index is 2.25. The first-order valence-electron chi connectivity index (χ1n) is 7.01. The van der Waals surface area contributed by atoms with Crippen LogP contribution in [-0.2, 0) is 19.9 Å². The summed E-state index contributed by atoms with van der Waals surface area (Å²) in [4.78, 5) is 3.96. The number of hydrogen-bond acceptors (Lipinski definition) is 7. The minimum absolute atomic E-state index is 0.0715. The summed E-state index contributed by atoms with van der Waals surface area (Å²) in [5, 5.41) is 0. The minimum Gasteiger partial charge on any atom is -0.492 e. The van der Waals surface area contributed by atoms with E-state index in [1.54, 1.807) is 13.0 Å². The van der Waals surface area contributed by atoms with Crippen molar-refractivity contribution in [2.24, 2.45) is 0 Å². The van der Waals surface area contributed by atoms with E-state index in [0.717, 1.165) is 30.4 Å². The number of fused-ring (bicyclic) bond motifs is 1. The molecule has 1 aliphatic rings. The van der Waals surface area contributed by atoms with Crippen LogP contribution in [-0.4, -0.2) is 40.7 Å². The van der Waals surface area contributed by atoms with Crippen LogP contribution in [0.5, 0.6) is 5.75 Å². The molecule has 1 saturated carbocycles. The van der Waals surface area contributed by atoms with Crippen molar-refractivity contribution in [3.8, 4) is 5.75 Å². The molecular weight excluding hydrogens is 360 g/mol. The molecule has 3 rings (SSSR count). The molecule has 0 amide bonds. The second-order valence-corrected chi connectivity index (χ2v) is 10.2. The quantitative estimate of drug-likeness (QED) is 0.820. The molecule has 1 heterocycles. The number of sulfonamides is 1. The summed E-state index contributed by atoms with van der Waals surface area (Å²) in [5.41, 5.74) is 0.134. The van der Waals surface area contributed by atoms with Gasteiger partial charge < -0.3 is 4.74 Å². The third-order valence-corrected chi connectivity index (χ3v) is 7.52. The van der Waals surface area contributed by atoms with Crippen LogP contribution < -0.4 is 9.46 Å². The van der Waals surface area contributed by atoms with Crippen molar-refractivity contribution in [2.45, 2.75) is 35.0 Å². The molecule has 126 valence electrons. The molecule has 2 aromatic rings. The number of benzene rings is 1. The van der Waals surface area contributed by atoms with E-state index >= 15 is 0 Å². The molecular formula is C13H16N2O5S3. The highest BCUT2D eigenvalue weighted by Crippen LogP contribution is 2.37. The Bertz CT molecular complexity index is 959. The SMILES string of the molecule is CCOc1ccc2sc(S(C)(=O)=O)nc2c1S(=O)(=O)NC1CC1. The molecule has 0 radical (unpaired) electrons. The van der Waals surface area contributed by atoms with Crippen LogP contribution in [0.15, 0.2) is 21.4 Å². The summed E-state index contributed by atoms with van der Waals surface area (Å²) in [7, 11) is -7.35. The Labute approximate surface area is 138 Å². The van der Waals surface area contributed by atoms with Crippen molar-refractivity contribution < 1.29 is 21.6 Å². The van der Waals surface area contributed by atoms with Crippen molar-refractivity contribution in [1.82, 2.24) is 9.71 Å². The van der Waals surface area contributed by atoms with Gasteiger partial charge in [-0.05, 0) is 31.9 Å². The Morgan fingerprint density at radius 3 is 2.57 bits per heavy atom. The maximum Gasteiger partial charge on any atom is 0.246 e. The van der Waals surface area contributed by atoms with Crippen LogP contribution in [0.4, 0.5) is 0 Å². The first-order chi connectivity index (χ1) is 10.7. The van der Waals surface area contributed by atoms with E-state index in [1.165, 1.54) is 6.07 Å². The van der Waals surface area contributed by atoms with Crippen molar-refractivity contribution in [2.75, 3.05) is 12.9 Å². The summed E-state index contributed by atoms with van der Waals surface area (Å²) < 4.78 is 57.2. The number of ether oxygens (including phenoxy) is 1. The van der Waals surface area contributed by atoms with Gasteiger partial charge in [0.15, 0.2) is 4.90 Å². The van der Waals surface area contributed by atoms with Gasteiger partial charge in [0.05, 0.1) is 11.3 Å². The number of hydrogen-bond donors (Lipinski definition) is 1. The monoisotopic (exact) mass is 376 g/mol. The fourth-order valence-electron chi connectivity index (χ4n) is 2.10. The largest absolute Gasteiger partial charge is 0.492 e. The van der Waals surface area contributed by atoms with Gasteiger partial charge in [0, 0.05) is 12.3 Å². The third-order valence-electron chi connectivity index (χ3n) is 3.24. The van der Waals surface area contributed by atoms with E-state index in [4.69, 9.17) is 4.74 Å². The summed E-state index contributed by atoms with van der Waals surface area (Å²) in [6.45, 7) is 2.04. The van der Waals surface area contributed by atoms with Gasteiger partial charge in [-0.3, -0.25) is 0 Å². The van der Waals surface area contributed by atoms with Crippen molar-refractivity contribution in [3.63, 3.8) is 0 Å². The van der Waals surface area contributed by atoms with Gasteiger partial charge in [0.1, 0.15) is 11.3 Å². The highest BCUT2D eigenvalue weighted by atomic mass is 32.2. The van der Waals surface area contributed by atoms with Crippen LogP contribution in [0.25, 0.3) is 10.2 Å². The topological polar surface area (TPSA) is 102 Å². The Morgan fingerprint density at radius 2 is 2.00 bits per heavy atom. The second-order valence-electron chi connectivity index (χ2n) is 5.32. The van der Waals surface area contributed by atoms with E-state index in [-0.39, 0.29) is 26.5 Å². The lowest BCUT2D eigenvalue weighted by atomic mass is 10.3. The minimum atomic E-state index is -3.83. The zero-order chi connectivity index (χ0) is 16.8. The van der Waals surface area contributed by atoms with Gasteiger partial charge >= 0.3 is 0 Å². The molecule has 1 aromatic heterocycles. The van der Waals surface area contributed by atoms with E-state index in [2.05, 4.69) is 9.71 Å². The molecule has 23 heavy (non-hydrogen) atoms. The summed E-state index contributed by atoms with van der Waals surface area (Å²) in [5.74, 6) is 0.179. The predicted octanol–water partition coefficient (Wildman–Crippen LogP) is 1.54. The molecule has 0 bridgehead atoms. The standard InChI is InChI=1S/C13H16N2O5S3/c1-3-20-9-6-7-10-11(14-13(21-10)22(2,16)17)12(9)23(18,19)15-8-4-5-8/h6-8,15H,3-5H2,1-2H3. The van der Waals surface area contributed by atoms with Gasteiger partial charge in [-0.25, -0.2) is 26.5 Å². The first-order valence-corrected chi connectivity index (χ1v) is 11.2. The van der Waals surface area contributed by atoms with Crippen molar-refractivity contribution in [3.05, 3.63) is 12.1 Å². The number of rotatable bonds is 6. The molecule has 0 aliphatic heterocycles. The molecule has 1 fully saturated rings. The number of thiazole rings is 1. The zero-order valence-corrected chi connectivity index (χ0v) is 15.0. The van der Waals surface area contributed by atoms with E-state index in [9.17, 15) is 16.8 Å². The van der Waals surface area contributed by atoms with E-state index in [0.29, 0.717) is 11.3 Å². The maximum absolute atomic E-state index is 12.7. The van der Waals surface area contributed by atoms with Gasteiger partial charge in [-0.2, -0.15) is 0 Å². The molecule has 0 spiro atoms. The average molecular weight is 376 g/mol. The summed E-state index contributed by atoms with van der Waals surface area (Å²) in [6, 6.07) is 3.10. The summed E-state index contributed by atoms with van der Waals surface area (Å²) in [6.07, 6.45) is 2.64. The molecule has 0 unspecified atom stereocenters. The van der Waals surface area contributed by atoms with Crippen LogP contribution in [0, 0.1) is 0 Å². The molecule has 1 aromatic carbocycles. The lowest BCUT2D eigenvalue weighted by Gasteiger charge is -2.12. The fraction of sp³-hybridized carbons (Fsp3) is 0.462. The lowest BCUT2D eigenvalue weighted by Crippen LogP contribution is -2.26. The van der Waals surface area contributed by atoms with Gasteiger partial charge in [-0.1, -0.05) is 0 Å². The van der Waals surface area contributed by atoms with Crippen LogP contribution in [0.2, 0.25) is 0 Å². The van der Waals surface area contributed by atoms with Crippen LogP contribution in [0.1, 0.15) is 19.8 Å². The average Bonchev–Trinajstić information content (AvgIpc) is 3.11. The molecule has 1 aliphatic carbocycles. The highest BCUT2D eigenvalue weighted by Gasteiger charge is 2.32. The normalized spacial score (nSPS) is 15.9. The van der Waals surface area contributed by atoms with Crippen molar-refractivity contribution in [1.29, 1.82) is 0 Å². The van der Waals surface area contributed by atoms with Crippen LogP contribution >= 0.6 is 11.3 Å². The Hall–Kier alpha value is -1.23. The zero-order valence-electron chi connectivity index (χ0n) is 12.6. The molecule has 1 N–H and O–H groups in total. The van der Waals surface area contributed by atoms with E-state index in [1.807, 2.05) is 0 Å². The van der Waals surface area contributed by atoms with Gasteiger partial charge in [0.25, 0.3) is 0 Å². The Kier molecular flexibility index (Phi) is 4.11. The number of sulfone groups is 1. The van der Waals surface area contributed by atoms with E-state index < -0.39 is 19.9 Å². The number of aromatic nitrogens is 1. The molecule has 10 heteroatoms. The first kappa shape index (κ1) is 16.6. The second kappa shape index (κ2) is 5.69. The highest BCUT2D eigenvalue weighted by molar-refractivity contribution is 7.92. The van der Waals surface area contributed by atoms with Crippen molar-refractivity contribution >= 4 is 41.4 Å². The Morgan fingerprint density at radius 1 is 1.30 bits per heavy atom.